The van der Waals surface area contributed by atoms with Crippen molar-refractivity contribution in [3.8, 4) is 0 Å². The average Bonchev–Trinajstić information content (AvgIpc) is 2.48. The number of likely N-dealkylation sites (tertiary alicyclic amines) is 1. The van der Waals surface area contributed by atoms with E-state index >= 15 is 0 Å². The van der Waals surface area contributed by atoms with Crippen LogP contribution in [0.4, 0.5) is 0 Å². The van der Waals surface area contributed by atoms with Gasteiger partial charge in [0.1, 0.15) is 0 Å². The Bertz CT molecular complexity index is 455. The maximum atomic E-state index is 12.4. The minimum atomic E-state index is 0.303. The lowest BCUT2D eigenvalue weighted by molar-refractivity contribution is -0.133. The molecule has 0 aliphatic carbocycles. The number of hydrogen-bond donors (Lipinski definition) is 1. The van der Waals surface area contributed by atoms with E-state index < -0.39 is 0 Å². The van der Waals surface area contributed by atoms with Crippen molar-refractivity contribution in [1.29, 1.82) is 0 Å². The number of nitrogens with zero attached hydrogens (tertiary/aromatic N) is 1. The van der Waals surface area contributed by atoms with E-state index in [0.717, 1.165) is 32.5 Å². The SMILES string of the molecule is CCNC1CCN(C(=O)CCc2ccc(C)cc2)CC1C. The maximum absolute atomic E-state index is 12.4. The Morgan fingerprint density at radius 3 is 2.67 bits per heavy atom. The van der Waals surface area contributed by atoms with Crippen LogP contribution in [0.5, 0.6) is 0 Å². The highest BCUT2D eigenvalue weighted by Crippen LogP contribution is 2.18. The summed E-state index contributed by atoms with van der Waals surface area (Å²) < 4.78 is 0. The first-order chi connectivity index (χ1) is 10.1. The van der Waals surface area contributed by atoms with Gasteiger partial charge in [-0.3, -0.25) is 4.79 Å². The summed E-state index contributed by atoms with van der Waals surface area (Å²) >= 11 is 0. The Kier molecular flexibility index (Phi) is 5.80. The summed E-state index contributed by atoms with van der Waals surface area (Å²) in [5, 5.41) is 3.52. The molecule has 3 heteroatoms. The maximum Gasteiger partial charge on any atom is 0.222 e. The van der Waals surface area contributed by atoms with E-state index in [1.165, 1.54) is 11.1 Å². The molecular weight excluding hydrogens is 260 g/mol. The first-order valence-electron chi connectivity index (χ1n) is 8.17. The zero-order chi connectivity index (χ0) is 15.2. The summed E-state index contributed by atoms with van der Waals surface area (Å²) in [5.41, 5.74) is 2.52. The molecular formula is C18H28N2O. The largest absolute Gasteiger partial charge is 0.342 e. The van der Waals surface area contributed by atoms with Crippen LogP contribution in [0, 0.1) is 12.8 Å². The van der Waals surface area contributed by atoms with Crippen LogP contribution in [0.1, 0.15) is 37.8 Å². The van der Waals surface area contributed by atoms with Crippen LogP contribution in [0.25, 0.3) is 0 Å². The monoisotopic (exact) mass is 288 g/mol. The van der Waals surface area contributed by atoms with Crippen molar-refractivity contribution in [3.63, 3.8) is 0 Å². The molecule has 1 N–H and O–H groups in total. The van der Waals surface area contributed by atoms with Gasteiger partial charge in [0, 0.05) is 25.6 Å². The van der Waals surface area contributed by atoms with Gasteiger partial charge < -0.3 is 10.2 Å². The number of amides is 1. The molecule has 2 unspecified atom stereocenters. The molecule has 1 saturated heterocycles. The van der Waals surface area contributed by atoms with Crippen molar-refractivity contribution in [2.24, 2.45) is 5.92 Å². The van der Waals surface area contributed by atoms with E-state index in [-0.39, 0.29) is 0 Å². The van der Waals surface area contributed by atoms with E-state index in [2.05, 4.69) is 50.4 Å². The second-order valence-corrected chi connectivity index (χ2v) is 6.26. The van der Waals surface area contributed by atoms with Crippen LogP contribution < -0.4 is 5.32 Å². The number of rotatable bonds is 5. The smallest absolute Gasteiger partial charge is 0.222 e. The van der Waals surface area contributed by atoms with Crippen LogP contribution in [-0.2, 0) is 11.2 Å². The lowest BCUT2D eigenvalue weighted by Gasteiger charge is -2.37. The molecule has 1 fully saturated rings. The molecule has 1 aliphatic heterocycles. The summed E-state index contributed by atoms with van der Waals surface area (Å²) in [5.74, 6) is 0.847. The van der Waals surface area contributed by atoms with E-state index in [1.54, 1.807) is 0 Å². The van der Waals surface area contributed by atoms with Crippen molar-refractivity contribution in [2.75, 3.05) is 19.6 Å². The normalized spacial score (nSPS) is 22.3. The van der Waals surface area contributed by atoms with Crippen LogP contribution in [0.2, 0.25) is 0 Å². The molecule has 3 nitrogen and oxygen atoms in total. The molecule has 1 aliphatic rings. The van der Waals surface area contributed by atoms with E-state index in [9.17, 15) is 4.79 Å². The zero-order valence-corrected chi connectivity index (χ0v) is 13.6. The molecule has 2 atom stereocenters. The van der Waals surface area contributed by atoms with Gasteiger partial charge in [-0.15, -0.1) is 0 Å². The molecule has 1 amide bonds. The zero-order valence-electron chi connectivity index (χ0n) is 13.6. The third-order valence-corrected chi connectivity index (χ3v) is 4.47. The Morgan fingerprint density at radius 2 is 2.05 bits per heavy atom. The molecule has 21 heavy (non-hydrogen) atoms. The first-order valence-corrected chi connectivity index (χ1v) is 8.17. The Balaban J connectivity index is 1.80. The second kappa shape index (κ2) is 7.60. The van der Waals surface area contributed by atoms with Crippen molar-refractivity contribution in [1.82, 2.24) is 10.2 Å². The molecule has 0 aromatic heterocycles. The number of benzene rings is 1. The molecule has 0 spiro atoms. The number of piperidine rings is 1. The summed E-state index contributed by atoms with van der Waals surface area (Å²) in [6.07, 6.45) is 2.55. The van der Waals surface area contributed by atoms with Gasteiger partial charge in [-0.2, -0.15) is 0 Å². The highest BCUT2D eigenvalue weighted by molar-refractivity contribution is 5.76. The second-order valence-electron chi connectivity index (χ2n) is 6.26. The molecule has 0 saturated carbocycles. The van der Waals surface area contributed by atoms with Crippen molar-refractivity contribution in [2.45, 2.75) is 46.1 Å². The third-order valence-electron chi connectivity index (χ3n) is 4.47. The summed E-state index contributed by atoms with van der Waals surface area (Å²) in [6.45, 7) is 9.28. The Morgan fingerprint density at radius 1 is 1.33 bits per heavy atom. The fourth-order valence-corrected chi connectivity index (χ4v) is 3.10. The number of carbonyl (C=O) groups is 1. The highest BCUT2D eigenvalue weighted by atomic mass is 16.2. The minimum absolute atomic E-state index is 0.303. The first kappa shape index (κ1) is 16.0. The van der Waals surface area contributed by atoms with Crippen LogP contribution in [0.3, 0.4) is 0 Å². The Hall–Kier alpha value is -1.35. The van der Waals surface area contributed by atoms with Gasteiger partial charge >= 0.3 is 0 Å². The van der Waals surface area contributed by atoms with E-state index in [0.29, 0.717) is 24.3 Å². The molecule has 1 aromatic rings. The molecule has 116 valence electrons. The van der Waals surface area contributed by atoms with Crippen LogP contribution in [-0.4, -0.2) is 36.5 Å². The van der Waals surface area contributed by atoms with Gasteiger partial charge in [-0.25, -0.2) is 0 Å². The Labute approximate surface area is 128 Å². The predicted molar refractivity (Wildman–Crippen MR) is 87.3 cm³/mol. The highest BCUT2D eigenvalue weighted by Gasteiger charge is 2.27. The molecule has 1 heterocycles. The van der Waals surface area contributed by atoms with Gasteiger partial charge in [0.05, 0.1) is 0 Å². The van der Waals surface area contributed by atoms with Crippen molar-refractivity contribution in [3.05, 3.63) is 35.4 Å². The summed E-state index contributed by atoms with van der Waals surface area (Å²) in [7, 11) is 0. The fraction of sp³-hybridized carbons (Fsp3) is 0.611. The predicted octanol–water partition coefficient (Wildman–Crippen LogP) is 2.77. The fourth-order valence-electron chi connectivity index (χ4n) is 3.10. The lowest BCUT2D eigenvalue weighted by Crippen LogP contribution is -2.50. The minimum Gasteiger partial charge on any atom is -0.342 e. The quantitative estimate of drug-likeness (QED) is 0.903. The van der Waals surface area contributed by atoms with Gasteiger partial charge in [-0.05, 0) is 37.8 Å². The number of carbonyl (C=O) groups excluding carboxylic acids is 1. The number of hydrogen-bond acceptors (Lipinski definition) is 2. The van der Waals surface area contributed by atoms with E-state index in [4.69, 9.17) is 0 Å². The summed E-state index contributed by atoms with van der Waals surface area (Å²) in [6, 6.07) is 9.05. The van der Waals surface area contributed by atoms with Gasteiger partial charge in [0.25, 0.3) is 0 Å². The van der Waals surface area contributed by atoms with Crippen molar-refractivity contribution >= 4 is 5.91 Å². The third kappa shape index (κ3) is 4.57. The number of aryl methyl sites for hydroxylation is 2. The molecule has 0 bridgehead atoms. The standard InChI is InChI=1S/C18H28N2O/c1-4-19-17-11-12-20(13-15(17)3)18(21)10-9-16-7-5-14(2)6-8-16/h5-8,15,17,19H,4,9-13H2,1-3H3. The number of nitrogens with one attached hydrogen (secondary N) is 1. The van der Waals surface area contributed by atoms with Gasteiger partial charge in [0.15, 0.2) is 0 Å². The van der Waals surface area contributed by atoms with Gasteiger partial charge in [0.2, 0.25) is 5.91 Å². The lowest BCUT2D eigenvalue weighted by atomic mass is 9.93. The molecule has 2 rings (SSSR count). The van der Waals surface area contributed by atoms with Crippen LogP contribution >= 0.6 is 0 Å². The van der Waals surface area contributed by atoms with Crippen LogP contribution in [0.15, 0.2) is 24.3 Å². The summed E-state index contributed by atoms with van der Waals surface area (Å²) in [4.78, 5) is 14.4. The van der Waals surface area contributed by atoms with E-state index in [1.807, 2.05) is 4.90 Å². The molecule has 0 radical (unpaired) electrons. The molecule has 1 aromatic carbocycles. The average molecular weight is 288 g/mol. The topological polar surface area (TPSA) is 32.3 Å². The van der Waals surface area contributed by atoms with Crippen molar-refractivity contribution < 1.29 is 4.79 Å². The van der Waals surface area contributed by atoms with Gasteiger partial charge in [-0.1, -0.05) is 43.7 Å².